The van der Waals surface area contributed by atoms with Crippen LogP contribution in [0.15, 0.2) is 44.3 Å². The van der Waals surface area contributed by atoms with Gasteiger partial charge in [0, 0.05) is 0 Å². The lowest BCUT2D eigenvalue weighted by molar-refractivity contribution is -0.390. The van der Waals surface area contributed by atoms with E-state index in [1.807, 2.05) is 6.07 Å². The molecule has 0 atom stereocenters. The minimum Gasteiger partial charge on any atom is -0.358 e. The van der Waals surface area contributed by atoms with Crippen LogP contribution in [0, 0.1) is 10.1 Å². The molecule has 0 N–H and O–H groups in total. The Morgan fingerprint density at radius 3 is 2.67 bits per heavy atom. The molecule has 0 amide bonds. The van der Waals surface area contributed by atoms with Gasteiger partial charge in [-0.2, -0.15) is 0 Å². The Balaban J connectivity index is 2.07. The zero-order valence-electron chi connectivity index (χ0n) is 10.4. The number of nitrogens with zero attached hydrogens (tertiary/aromatic N) is 5. The molecule has 0 bridgehead atoms. The number of aromatic nitrogens is 4. The monoisotopic (exact) mass is 289 g/mol. The normalized spacial score (nSPS) is 10.7. The van der Waals surface area contributed by atoms with Crippen LogP contribution in [0.25, 0.3) is 11.5 Å². The fourth-order valence-electron chi connectivity index (χ4n) is 1.79. The first kappa shape index (κ1) is 12.7. The molecule has 0 saturated heterocycles. The average molecular weight is 289 g/mol. The van der Waals surface area contributed by atoms with E-state index in [4.69, 9.17) is 0 Å². The second kappa shape index (κ2) is 5.00. The molecule has 10 nitrogen and oxygen atoms in total. The van der Waals surface area contributed by atoms with Crippen LogP contribution in [-0.4, -0.2) is 25.0 Å². The molecule has 0 aliphatic carbocycles. The van der Waals surface area contributed by atoms with Crippen LogP contribution in [-0.2, 0) is 6.54 Å². The highest BCUT2D eigenvalue weighted by Crippen LogP contribution is 2.23. The van der Waals surface area contributed by atoms with Gasteiger partial charge < -0.3 is 10.1 Å². The molecule has 3 rings (SSSR count). The molecule has 106 valence electrons. The molecule has 0 unspecified atom stereocenters. The first-order chi connectivity index (χ1) is 10.2. The molecule has 10 heteroatoms. The molecule has 21 heavy (non-hydrogen) atoms. The summed E-state index contributed by atoms with van der Waals surface area (Å²) in [7, 11) is 0. The van der Waals surface area contributed by atoms with Crippen LogP contribution in [0.5, 0.6) is 0 Å². The van der Waals surface area contributed by atoms with E-state index in [0.29, 0.717) is 0 Å². The van der Waals surface area contributed by atoms with Gasteiger partial charge in [-0.25, -0.2) is 4.79 Å². The van der Waals surface area contributed by atoms with Crippen molar-refractivity contribution in [3.63, 3.8) is 0 Å². The molecule has 2 heterocycles. The molecule has 0 aliphatic heterocycles. The zero-order valence-corrected chi connectivity index (χ0v) is 10.4. The SMILES string of the molecule is O=c1onc(-c2nonc2[N+](=O)[O-])n1Cc1ccccc1. The van der Waals surface area contributed by atoms with Crippen molar-refractivity contribution in [2.24, 2.45) is 0 Å². The summed E-state index contributed by atoms with van der Waals surface area (Å²) < 4.78 is 10.0. The van der Waals surface area contributed by atoms with E-state index in [0.717, 1.165) is 10.1 Å². The fraction of sp³-hybridized carbons (Fsp3) is 0.0909. The summed E-state index contributed by atoms with van der Waals surface area (Å²) in [5.41, 5.74) is 0.532. The lowest BCUT2D eigenvalue weighted by Gasteiger charge is -2.01. The molecule has 0 aliphatic rings. The third-order valence-electron chi connectivity index (χ3n) is 2.73. The van der Waals surface area contributed by atoms with E-state index in [1.54, 1.807) is 24.3 Å². The first-order valence-electron chi connectivity index (χ1n) is 5.74. The van der Waals surface area contributed by atoms with Gasteiger partial charge in [-0.15, -0.1) is 4.63 Å². The summed E-state index contributed by atoms with van der Waals surface area (Å²) in [5, 5.41) is 20.9. The highest BCUT2D eigenvalue weighted by Gasteiger charge is 2.29. The summed E-state index contributed by atoms with van der Waals surface area (Å²) in [6, 6.07) is 9.01. The Kier molecular flexibility index (Phi) is 3.03. The van der Waals surface area contributed by atoms with E-state index in [-0.39, 0.29) is 18.1 Å². The van der Waals surface area contributed by atoms with Crippen molar-refractivity contribution < 1.29 is 14.1 Å². The van der Waals surface area contributed by atoms with E-state index in [9.17, 15) is 14.9 Å². The number of hydrogen-bond donors (Lipinski definition) is 0. The van der Waals surface area contributed by atoms with Crippen molar-refractivity contribution in [2.75, 3.05) is 0 Å². The molecular formula is C11H7N5O5. The van der Waals surface area contributed by atoms with E-state index >= 15 is 0 Å². The maximum absolute atomic E-state index is 11.7. The number of nitro groups is 1. The molecule has 0 spiro atoms. The number of benzene rings is 1. The number of rotatable bonds is 4. The van der Waals surface area contributed by atoms with Gasteiger partial charge in [-0.3, -0.25) is 9.09 Å². The quantitative estimate of drug-likeness (QED) is 0.510. The summed E-state index contributed by atoms with van der Waals surface area (Å²) in [6.07, 6.45) is 0. The van der Waals surface area contributed by atoms with Crippen LogP contribution < -0.4 is 5.76 Å². The molecule has 0 saturated carbocycles. The zero-order chi connectivity index (χ0) is 14.8. The van der Waals surface area contributed by atoms with Crippen molar-refractivity contribution in [2.45, 2.75) is 6.54 Å². The van der Waals surface area contributed by atoms with Crippen molar-refractivity contribution in [3.8, 4) is 11.5 Å². The molecule has 0 radical (unpaired) electrons. The van der Waals surface area contributed by atoms with Gasteiger partial charge in [-0.05, 0) is 15.6 Å². The Bertz CT molecular complexity index is 834. The Hall–Kier alpha value is -3.30. The second-order valence-electron chi connectivity index (χ2n) is 4.04. The van der Waals surface area contributed by atoms with Crippen LogP contribution in [0.2, 0.25) is 0 Å². The van der Waals surface area contributed by atoms with Crippen molar-refractivity contribution >= 4 is 5.82 Å². The highest BCUT2D eigenvalue weighted by atomic mass is 16.6. The fourth-order valence-corrected chi connectivity index (χ4v) is 1.79. The van der Waals surface area contributed by atoms with Crippen molar-refractivity contribution in [1.82, 2.24) is 20.0 Å². The molecular weight excluding hydrogens is 282 g/mol. The van der Waals surface area contributed by atoms with Crippen LogP contribution >= 0.6 is 0 Å². The van der Waals surface area contributed by atoms with Crippen molar-refractivity contribution in [1.29, 1.82) is 0 Å². The van der Waals surface area contributed by atoms with Gasteiger partial charge in [0.25, 0.3) is 5.69 Å². The Morgan fingerprint density at radius 2 is 1.95 bits per heavy atom. The summed E-state index contributed by atoms with van der Waals surface area (Å²) >= 11 is 0. The molecule has 1 aromatic carbocycles. The van der Waals surface area contributed by atoms with Gasteiger partial charge in [-0.1, -0.05) is 35.5 Å². The molecule has 2 aromatic heterocycles. The van der Waals surface area contributed by atoms with Crippen LogP contribution in [0.3, 0.4) is 0 Å². The van der Waals surface area contributed by atoms with Gasteiger partial charge in [0.15, 0.2) is 5.16 Å². The second-order valence-corrected chi connectivity index (χ2v) is 4.04. The predicted octanol–water partition coefficient (Wildman–Crippen LogP) is 0.843. The van der Waals surface area contributed by atoms with Crippen LogP contribution in [0.4, 0.5) is 5.82 Å². The topological polar surface area (TPSA) is 130 Å². The Labute approximate surface area is 115 Å². The third-order valence-corrected chi connectivity index (χ3v) is 2.73. The summed E-state index contributed by atoms with van der Waals surface area (Å²) in [6.45, 7) is 0.128. The van der Waals surface area contributed by atoms with Gasteiger partial charge in [0.05, 0.1) is 6.54 Å². The van der Waals surface area contributed by atoms with Crippen molar-refractivity contribution in [3.05, 3.63) is 56.6 Å². The van der Waals surface area contributed by atoms with Crippen LogP contribution in [0.1, 0.15) is 5.56 Å². The Morgan fingerprint density at radius 1 is 1.19 bits per heavy atom. The average Bonchev–Trinajstić information content (AvgIpc) is 3.08. The summed E-state index contributed by atoms with van der Waals surface area (Å²) in [5.74, 6) is -1.51. The maximum Gasteiger partial charge on any atom is 0.446 e. The van der Waals surface area contributed by atoms with Gasteiger partial charge in [0.1, 0.15) is 0 Å². The summed E-state index contributed by atoms with van der Waals surface area (Å²) in [4.78, 5) is 21.8. The molecule has 0 fully saturated rings. The van der Waals surface area contributed by atoms with Gasteiger partial charge >= 0.3 is 11.6 Å². The maximum atomic E-state index is 11.7. The highest BCUT2D eigenvalue weighted by molar-refractivity contribution is 5.58. The lowest BCUT2D eigenvalue weighted by atomic mass is 10.2. The molecule has 3 aromatic rings. The first-order valence-corrected chi connectivity index (χ1v) is 5.74. The minimum absolute atomic E-state index is 0.114. The minimum atomic E-state index is -0.780. The predicted molar refractivity (Wildman–Crippen MR) is 66.3 cm³/mol. The van der Waals surface area contributed by atoms with E-state index in [1.165, 1.54) is 0 Å². The van der Waals surface area contributed by atoms with E-state index in [2.05, 4.69) is 24.6 Å². The smallest absolute Gasteiger partial charge is 0.358 e. The largest absolute Gasteiger partial charge is 0.446 e. The van der Waals surface area contributed by atoms with E-state index < -0.39 is 16.5 Å². The standard InChI is InChI=1S/C11H7N5O5/c17-11-15(6-7-4-2-1-3-5-7)9(13-20-11)8-10(16(18)19)14-21-12-8/h1-5H,6H2. The third kappa shape index (κ3) is 2.29. The van der Waals surface area contributed by atoms with Gasteiger partial charge in [0.2, 0.25) is 5.82 Å². The lowest BCUT2D eigenvalue weighted by Crippen LogP contribution is -2.16. The number of hydrogen-bond acceptors (Lipinski definition) is 8.